The molecule has 5 fully saturated rings. The predicted octanol–water partition coefficient (Wildman–Crippen LogP) is 5.17. The Morgan fingerprint density at radius 1 is 1.00 bits per heavy atom. The van der Waals surface area contributed by atoms with Crippen LogP contribution in [0.25, 0.3) is 0 Å². The molecule has 0 amide bonds. The quantitative estimate of drug-likeness (QED) is 0.492. The number of ether oxygens (including phenoxy) is 1. The van der Waals surface area contributed by atoms with Gasteiger partial charge in [0.1, 0.15) is 6.23 Å². The van der Waals surface area contributed by atoms with Gasteiger partial charge in [-0.2, -0.15) is 0 Å². The van der Waals surface area contributed by atoms with E-state index >= 15 is 0 Å². The van der Waals surface area contributed by atoms with Gasteiger partial charge in [-0.1, -0.05) is 41.0 Å². The number of nitrogens with one attached hydrogen (secondary N) is 2. The molecule has 4 heteroatoms. The third-order valence-electron chi connectivity index (χ3n) is 12.1. The summed E-state index contributed by atoms with van der Waals surface area (Å²) in [7, 11) is 0. The summed E-state index contributed by atoms with van der Waals surface area (Å²) in [5, 5.41) is 7.55. The Bertz CT molecular complexity index is 686. The van der Waals surface area contributed by atoms with Gasteiger partial charge in [0.15, 0.2) is 0 Å². The summed E-state index contributed by atoms with van der Waals surface area (Å²) in [4.78, 5) is 0. The molecule has 5 rings (SSSR count). The lowest BCUT2D eigenvalue weighted by atomic mass is 9.44. The molecule has 12 atom stereocenters. The summed E-state index contributed by atoms with van der Waals surface area (Å²) >= 11 is 0. The van der Waals surface area contributed by atoms with Crippen LogP contribution in [0, 0.1) is 52.3 Å². The highest BCUT2D eigenvalue weighted by atomic mass is 16.5. The third kappa shape index (κ3) is 4.03. The van der Waals surface area contributed by atoms with Crippen LogP contribution in [-0.2, 0) is 4.74 Å². The van der Waals surface area contributed by atoms with Gasteiger partial charge in [0, 0.05) is 31.6 Å². The van der Waals surface area contributed by atoms with Crippen molar-refractivity contribution < 1.29 is 4.74 Å². The second-order valence-electron chi connectivity index (χ2n) is 13.6. The molecule has 1 heterocycles. The highest BCUT2D eigenvalue weighted by molar-refractivity contribution is 5.14. The van der Waals surface area contributed by atoms with Gasteiger partial charge >= 0.3 is 0 Å². The maximum Gasteiger partial charge on any atom is 0.111 e. The van der Waals surface area contributed by atoms with Crippen LogP contribution in [-0.4, -0.2) is 38.0 Å². The first-order chi connectivity index (χ1) is 15.8. The molecule has 0 spiro atoms. The first kappa shape index (κ1) is 24.5. The predicted molar refractivity (Wildman–Crippen MR) is 137 cm³/mol. The first-order valence-electron chi connectivity index (χ1n) is 14.6. The summed E-state index contributed by atoms with van der Waals surface area (Å²) in [5.41, 5.74) is 6.82. The maximum absolute atomic E-state index is 6.78. The molecule has 4 saturated carbocycles. The third-order valence-corrected chi connectivity index (χ3v) is 12.1. The Morgan fingerprint density at radius 2 is 1.79 bits per heavy atom. The average molecular weight is 460 g/mol. The molecule has 4 aliphatic carbocycles. The highest BCUT2D eigenvalue weighted by Gasteiger charge is 2.65. The van der Waals surface area contributed by atoms with Gasteiger partial charge in [-0.3, -0.25) is 5.32 Å². The van der Waals surface area contributed by atoms with Crippen LogP contribution in [0.4, 0.5) is 0 Å². The number of rotatable bonds is 7. The van der Waals surface area contributed by atoms with Crippen molar-refractivity contribution in [2.24, 2.45) is 58.0 Å². The second-order valence-corrected chi connectivity index (χ2v) is 13.6. The van der Waals surface area contributed by atoms with Crippen molar-refractivity contribution in [3.8, 4) is 0 Å². The zero-order valence-electron chi connectivity index (χ0n) is 22.2. The first-order valence-corrected chi connectivity index (χ1v) is 14.6. The number of nitrogens with two attached hydrogens (primary N) is 1. The minimum absolute atomic E-state index is 0.272. The van der Waals surface area contributed by atoms with Crippen LogP contribution < -0.4 is 16.4 Å². The largest absolute Gasteiger partial charge is 0.360 e. The van der Waals surface area contributed by atoms with Crippen LogP contribution >= 0.6 is 0 Å². The van der Waals surface area contributed by atoms with E-state index in [9.17, 15) is 0 Å². The highest BCUT2D eigenvalue weighted by Crippen LogP contribution is 2.69. The summed E-state index contributed by atoms with van der Waals surface area (Å²) in [6.07, 6.45) is 13.3. The van der Waals surface area contributed by atoms with Gasteiger partial charge in [0.05, 0.1) is 6.10 Å². The van der Waals surface area contributed by atoms with Crippen molar-refractivity contribution in [3.63, 3.8) is 0 Å². The van der Waals surface area contributed by atoms with Crippen molar-refractivity contribution in [1.29, 1.82) is 0 Å². The van der Waals surface area contributed by atoms with Crippen LogP contribution in [0.2, 0.25) is 0 Å². The molecular formula is C29H53N3O. The molecule has 0 radical (unpaired) electrons. The summed E-state index contributed by atoms with van der Waals surface area (Å²) in [6.45, 7) is 15.4. The lowest BCUT2D eigenvalue weighted by Crippen LogP contribution is -2.55. The van der Waals surface area contributed by atoms with Gasteiger partial charge in [-0.05, 0) is 97.7 Å². The number of fused-ring (bicyclic) bond motifs is 7. The fourth-order valence-corrected chi connectivity index (χ4v) is 10.0. The Labute approximate surface area is 203 Å². The van der Waals surface area contributed by atoms with Gasteiger partial charge in [-0.15, -0.1) is 0 Å². The Balaban J connectivity index is 1.27. The maximum atomic E-state index is 6.78. The molecular weight excluding hydrogens is 406 g/mol. The van der Waals surface area contributed by atoms with Crippen molar-refractivity contribution in [3.05, 3.63) is 0 Å². The molecule has 11 unspecified atom stereocenters. The summed E-state index contributed by atoms with van der Waals surface area (Å²) in [6, 6.07) is 0.706. The van der Waals surface area contributed by atoms with E-state index in [0.29, 0.717) is 28.9 Å². The molecule has 1 aliphatic heterocycles. The molecule has 33 heavy (non-hydrogen) atoms. The molecule has 0 aromatic heterocycles. The monoisotopic (exact) mass is 459 g/mol. The zero-order chi connectivity index (χ0) is 23.4. The Kier molecular flexibility index (Phi) is 6.97. The van der Waals surface area contributed by atoms with Gasteiger partial charge < -0.3 is 15.8 Å². The van der Waals surface area contributed by atoms with Crippen LogP contribution in [0.1, 0.15) is 92.4 Å². The normalized spacial score (nSPS) is 52.0. The van der Waals surface area contributed by atoms with Crippen molar-refractivity contribution in [1.82, 2.24) is 10.6 Å². The number of hydrogen-bond donors (Lipinski definition) is 3. The SMILES string of the molecule is CC[C@H](C)CNC1OC2CC3C4CCC5CC(NCCN)CCC5(C)C4CCC3(C)C2C1C. The van der Waals surface area contributed by atoms with E-state index in [4.69, 9.17) is 10.5 Å². The molecule has 0 bridgehead atoms. The van der Waals surface area contributed by atoms with E-state index in [1.54, 1.807) is 0 Å². The lowest BCUT2D eigenvalue weighted by molar-refractivity contribution is -0.119. The fourth-order valence-electron chi connectivity index (χ4n) is 10.0. The molecule has 4 nitrogen and oxygen atoms in total. The van der Waals surface area contributed by atoms with Gasteiger partial charge in [0.2, 0.25) is 0 Å². The smallest absolute Gasteiger partial charge is 0.111 e. The van der Waals surface area contributed by atoms with E-state index < -0.39 is 0 Å². The molecule has 1 saturated heterocycles. The summed E-state index contributed by atoms with van der Waals surface area (Å²) < 4.78 is 6.78. The van der Waals surface area contributed by atoms with Gasteiger partial charge in [-0.25, -0.2) is 0 Å². The summed E-state index contributed by atoms with van der Waals surface area (Å²) in [5.74, 6) is 5.80. The van der Waals surface area contributed by atoms with E-state index in [-0.39, 0.29) is 6.23 Å². The van der Waals surface area contributed by atoms with E-state index in [2.05, 4.69) is 45.3 Å². The van der Waals surface area contributed by atoms with Crippen LogP contribution in [0.15, 0.2) is 0 Å². The average Bonchev–Trinajstić information content (AvgIpc) is 3.29. The topological polar surface area (TPSA) is 59.3 Å². The van der Waals surface area contributed by atoms with Crippen molar-refractivity contribution in [2.45, 2.75) is 111 Å². The Hall–Kier alpha value is -0.160. The molecule has 0 aromatic carbocycles. The van der Waals surface area contributed by atoms with Crippen LogP contribution in [0.5, 0.6) is 0 Å². The van der Waals surface area contributed by atoms with Crippen molar-refractivity contribution in [2.75, 3.05) is 19.6 Å². The number of hydrogen-bond acceptors (Lipinski definition) is 4. The van der Waals surface area contributed by atoms with Crippen LogP contribution in [0.3, 0.4) is 0 Å². The minimum Gasteiger partial charge on any atom is -0.360 e. The molecule has 0 aromatic rings. The molecule has 5 aliphatic rings. The lowest BCUT2D eigenvalue weighted by Gasteiger charge is -2.61. The van der Waals surface area contributed by atoms with E-state index in [1.165, 1.54) is 57.8 Å². The minimum atomic E-state index is 0.272. The molecule has 190 valence electrons. The van der Waals surface area contributed by atoms with Crippen molar-refractivity contribution >= 4 is 0 Å². The Morgan fingerprint density at radius 3 is 2.55 bits per heavy atom. The van der Waals surface area contributed by atoms with E-state index in [1.807, 2.05) is 0 Å². The fraction of sp³-hybridized carbons (Fsp3) is 1.00. The van der Waals surface area contributed by atoms with E-state index in [0.717, 1.165) is 55.1 Å². The van der Waals surface area contributed by atoms with Gasteiger partial charge in [0.25, 0.3) is 0 Å². The standard InChI is InChI=1S/C29H53N3O/c1-6-18(2)17-32-27-19(3)26-25(33-27)16-24-22-8-7-20-15-21(31-14-13-30)9-11-28(20,4)23(22)10-12-29(24,26)5/h18-27,31-32H,6-17,30H2,1-5H3/t18-,19?,20?,21?,22?,23?,24?,25?,26?,27?,28?,29?/m0/s1. The molecule has 4 N–H and O–H groups in total. The second kappa shape index (κ2) is 9.37. The zero-order valence-corrected chi connectivity index (χ0v) is 22.2.